The Morgan fingerprint density at radius 2 is 0.690 bits per heavy atom. The fourth-order valence-corrected chi connectivity index (χ4v) is 20.9. The van der Waals surface area contributed by atoms with Crippen molar-refractivity contribution >= 4 is 63.5 Å². The molecule has 129 heavy (non-hydrogen) atoms. The Morgan fingerprint density at radius 1 is 0.357 bits per heavy atom. The van der Waals surface area contributed by atoms with E-state index in [0.29, 0.717) is 56.9 Å². The second kappa shape index (κ2) is 39.0. The molecule has 0 aromatic heterocycles. The molecule has 0 amide bonds. The standard InChI is InChI=1S/C25H29ClFNO5.2C25H30ClNO5.C24H28ClNO6/c26-17-5-4-15(24-23(31)22(30)21(29)20(12-27)32-24)11-16(17)9-14-3-6-19-18(10-14)28-13-25(33-19)7-1-2-8-25;1-14-21(28)22(29)23(30)24(31-14)17-3-4-19(26)18(12-17)11-15-2-5-20-16(10-15)6-7-25(32-20)8-9-27-13-25;1-14-21(28)22(29)23(30)24(31-14)16-5-6-18(26)17(12-16)10-15-4-7-20-19(11-15)27-13-25(32-20)8-2-3-9-25;1-12(27)22-20(29)19(28)21(30)23(31-22)14-3-4-16(25)15(10-14)8-13-2-5-18-17(9-13)26-11-24(32-18)6-7-24/h3-6,10-11,20-24,28-31H,1-2,7-9,12-13H2;2-5,10,12,14,21-24,27-30H,6-9,11,13H2,1H3;4-7,11-12,14,21-24,27-30H,2-3,8-10,13H2,1H3;2-5,9-10,12,19-23,26-30H,6-8,11H2,1H3/t20-,21-,22+,23-,24+;14-,21-,22+,23-,24+,25?;14-,21-,22+,23-,24+;12?,19-,20-,21+,22+,23-/m1110/s1. The predicted octanol–water partition coefficient (Wildman–Crippen LogP) is 11.8. The number of nitrogens with one attached hydrogen (secondary N) is 4. The van der Waals surface area contributed by atoms with Crippen LogP contribution in [0.4, 0.5) is 21.5 Å². The molecular weight excluding hydrogens is 1740 g/mol. The molecule has 22 atom stereocenters. The number of hydrogen-bond acceptors (Lipinski definition) is 25. The summed E-state index contributed by atoms with van der Waals surface area (Å²) in [6, 6.07) is 46.1. The molecule has 30 heteroatoms. The van der Waals surface area contributed by atoms with Gasteiger partial charge in [-0.2, -0.15) is 0 Å². The van der Waals surface area contributed by atoms with Crippen molar-refractivity contribution in [1.29, 1.82) is 0 Å². The van der Waals surface area contributed by atoms with Crippen molar-refractivity contribution < 1.29 is 109 Å². The fourth-order valence-electron chi connectivity index (χ4n) is 20.1. The first kappa shape index (κ1) is 93.5. The largest absolute Gasteiger partial charge is 0.486 e. The highest BCUT2D eigenvalue weighted by Crippen LogP contribution is 2.50. The van der Waals surface area contributed by atoms with Crippen LogP contribution in [0.5, 0.6) is 23.0 Å². The van der Waals surface area contributed by atoms with E-state index in [2.05, 4.69) is 63.7 Å². The van der Waals surface area contributed by atoms with Crippen molar-refractivity contribution in [3.05, 3.63) is 238 Å². The van der Waals surface area contributed by atoms with Crippen LogP contribution in [0.2, 0.25) is 20.1 Å². The molecule has 0 radical (unpaired) electrons. The van der Waals surface area contributed by atoms with Gasteiger partial charge < -0.3 is 126 Å². The highest BCUT2D eigenvalue weighted by Gasteiger charge is 2.51. The van der Waals surface area contributed by atoms with Gasteiger partial charge in [0.1, 0.15) is 162 Å². The van der Waals surface area contributed by atoms with Crippen molar-refractivity contribution in [2.24, 2.45) is 0 Å². The van der Waals surface area contributed by atoms with E-state index in [0.717, 1.165) is 186 Å². The lowest BCUT2D eigenvalue weighted by atomic mass is 9.88. The lowest BCUT2D eigenvalue weighted by molar-refractivity contribution is -0.243. The van der Waals surface area contributed by atoms with Gasteiger partial charge in [-0.05, 0) is 269 Å². The second-order valence-electron chi connectivity index (χ2n) is 37.5. The lowest BCUT2D eigenvalue weighted by Crippen LogP contribution is -2.57. The maximum atomic E-state index is 13.3. The van der Waals surface area contributed by atoms with Crippen molar-refractivity contribution in [2.75, 3.05) is 55.3 Å². The zero-order valence-corrected chi connectivity index (χ0v) is 75.2. The van der Waals surface area contributed by atoms with Crippen LogP contribution in [0.25, 0.3) is 0 Å². The molecule has 694 valence electrons. The lowest BCUT2D eigenvalue weighted by Gasteiger charge is -2.42. The summed E-state index contributed by atoms with van der Waals surface area (Å²) in [6.07, 6.45) is -6.71. The number of aliphatic hydroxyl groups is 13. The second-order valence-corrected chi connectivity index (χ2v) is 39.1. The molecule has 3 aliphatic carbocycles. The summed E-state index contributed by atoms with van der Waals surface area (Å²) in [6.45, 7) is 8.26. The molecule has 8 fully saturated rings. The van der Waals surface area contributed by atoms with Crippen LogP contribution in [-0.2, 0) is 51.1 Å². The van der Waals surface area contributed by atoms with Crippen molar-refractivity contribution in [1.82, 2.24) is 5.32 Å². The first-order valence-corrected chi connectivity index (χ1v) is 46.7. The molecule has 8 aromatic rings. The SMILES string of the molecule is CC(O)[C@H]1O[C@@H](c2ccc(Cl)c(Cc3ccc4c(c3)NCC3(CC3)O4)c2)[C@H](O)[C@@H](O)[C@@H]1O.C[C@H]1O[C@@H](c2ccc(Cl)c(Cc3ccc4c(c3)CCC3(CCNC3)O4)c2)[C@H](O)[C@@H](O)[C@@H]1O.C[C@H]1O[C@@H](c2ccc(Cl)c(Cc3ccc4c(c3)NCC3(CCCC3)O4)c2)[C@H](O)[C@@H](O)[C@@H]1O.O[C@@H]1[C@@H](O)[C@H](c2ccc(Cl)c(Cc3ccc4c(c3)NCC3(CCCC3)O4)c2)O[C@H](CF)[C@H]1O. The van der Waals surface area contributed by atoms with Gasteiger partial charge in [0.25, 0.3) is 0 Å². The molecule has 2 unspecified atom stereocenters. The number of anilines is 3. The molecule has 17 N–H and O–H groups in total. The van der Waals surface area contributed by atoms with Gasteiger partial charge in [0.2, 0.25) is 0 Å². The van der Waals surface area contributed by atoms with E-state index in [1.165, 1.54) is 38.2 Å². The first-order chi connectivity index (χ1) is 61.8. The minimum Gasteiger partial charge on any atom is -0.486 e. The number of alkyl halides is 1. The molecule has 3 saturated carbocycles. The van der Waals surface area contributed by atoms with E-state index in [1.54, 1.807) is 68.4 Å². The zero-order valence-electron chi connectivity index (χ0n) is 72.2. The van der Waals surface area contributed by atoms with Crippen molar-refractivity contribution in [3.63, 3.8) is 0 Å². The quantitative estimate of drug-likeness (QED) is 0.0481. The molecule has 25 nitrogen and oxygen atoms in total. The number of rotatable bonds is 14. The molecule has 20 rings (SSSR count). The highest BCUT2D eigenvalue weighted by atomic mass is 35.5. The van der Waals surface area contributed by atoms with Crippen molar-refractivity contribution in [2.45, 2.75) is 281 Å². The number of fused-ring (bicyclic) bond motifs is 4. The maximum absolute atomic E-state index is 13.3. The summed E-state index contributed by atoms with van der Waals surface area (Å²) in [5.74, 6) is 3.62. The van der Waals surface area contributed by atoms with Gasteiger partial charge in [-0.15, -0.1) is 0 Å². The van der Waals surface area contributed by atoms with E-state index in [4.69, 9.17) is 84.3 Å². The van der Waals surface area contributed by atoms with Crippen LogP contribution < -0.4 is 40.2 Å². The van der Waals surface area contributed by atoms with Gasteiger partial charge in [0.15, 0.2) is 0 Å². The first-order valence-electron chi connectivity index (χ1n) is 45.2. The predicted molar refractivity (Wildman–Crippen MR) is 485 cm³/mol. The average molecular weight is 1860 g/mol. The van der Waals surface area contributed by atoms with Gasteiger partial charge in [0, 0.05) is 33.1 Å². The van der Waals surface area contributed by atoms with E-state index in [9.17, 15) is 70.8 Å². The number of benzene rings is 8. The number of hydrogen-bond donors (Lipinski definition) is 17. The Bertz CT molecular complexity index is 5130. The zero-order chi connectivity index (χ0) is 90.7. The summed E-state index contributed by atoms with van der Waals surface area (Å²) in [5, 5.41) is 149. The van der Waals surface area contributed by atoms with E-state index < -0.39 is 135 Å². The molecule has 4 spiro atoms. The van der Waals surface area contributed by atoms with Gasteiger partial charge >= 0.3 is 0 Å². The summed E-state index contributed by atoms with van der Waals surface area (Å²) < 4.78 is 61.5. The van der Waals surface area contributed by atoms with Gasteiger partial charge in [-0.1, -0.05) is 125 Å². The summed E-state index contributed by atoms with van der Waals surface area (Å²) in [5.41, 5.74) is 14.4. The van der Waals surface area contributed by atoms with Crippen LogP contribution in [0.1, 0.15) is 195 Å². The van der Waals surface area contributed by atoms with Crippen LogP contribution >= 0.6 is 46.4 Å². The number of aliphatic hydroxyl groups excluding tert-OH is 13. The summed E-state index contributed by atoms with van der Waals surface area (Å²) in [7, 11) is 0. The molecule has 12 aliphatic rings. The smallest absolute Gasteiger partial charge is 0.143 e. The number of aryl methyl sites for hydroxylation is 1. The van der Waals surface area contributed by atoms with Crippen LogP contribution in [0.15, 0.2) is 146 Å². The topological polar surface area (TPSA) is 385 Å². The Kier molecular flexibility index (Phi) is 28.3. The van der Waals surface area contributed by atoms with Gasteiger partial charge in [-0.3, -0.25) is 0 Å². The third-order valence-electron chi connectivity index (χ3n) is 28.1. The third-order valence-corrected chi connectivity index (χ3v) is 29.6. The Morgan fingerprint density at radius 3 is 1.05 bits per heavy atom. The summed E-state index contributed by atoms with van der Waals surface area (Å²) in [4.78, 5) is 0. The minimum atomic E-state index is -1.50. The van der Waals surface area contributed by atoms with Crippen LogP contribution in [0, 0.1) is 0 Å². The fraction of sp³-hybridized carbons (Fsp3) is 0.515. The molecular formula is C99H117Cl4FN4O21. The molecule has 0 bridgehead atoms. The van der Waals surface area contributed by atoms with Crippen LogP contribution in [0.3, 0.4) is 0 Å². The summed E-state index contributed by atoms with van der Waals surface area (Å²) >= 11 is 25.9. The third kappa shape index (κ3) is 20.1. The average Bonchev–Trinajstić information content (AvgIpc) is 1.58. The molecule has 9 heterocycles. The van der Waals surface area contributed by atoms with Gasteiger partial charge in [-0.25, -0.2) is 4.39 Å². The molecule has 9 aliphatic heterocycles. The monoisotopic (exact) mass is 1860 g/mol. The normalized spacial score (nSPS) is 31.8. The Balaban J connectivity index is 0.000000121. The number of halogens is 5. The maximum Gasteiger partial charge on any atom is 0.143 e. The van der Waals surface area contributed by atoms with Gasteiger partial charge in [0.05, 0.1) is 55.0 Å². The van der Waals surface area contributed by atoms with Crippen molar-refractivity contribution in [3.8, 4) is 23.0 Å². The van der Waals surface area contributed by atoms with E-state index in [1.807, 2.05) is 48.5 Å². The highest BCUT2D eigenvalue weighted by molar-refractivity contribution is 6.32. The Hall–Kier alpha value is -7.27. The van der Waals surface area contributed by atoms with E-state index in [-0.39, 0.29) is 22.4 Å². The van der Waals surface area contributed by atoms with E-state index >= 15 is 0 Å². The molecule has 8 aromatic carbocycles. The number of ether oxygens (including phenoxy) is 8. The Labute approximate surface area is 769 Å². The van der Waals surface area contributed by atoms with Crippen LogP contribution in [-0.4, -0.2) is 232 Å². The molecule has 5 saturated heterocycles. The minimum absolute atomic E-state index is 0.0188.